The summed E-state index contributed by atoms with van der Waals surface area (Å²) in [6.07, 6.45) is 1.98. The molecule has 1 aromatic rings. The van der Waals surface area contributed by atoms with Crippen LogP contribution in [0.5, 0.6) is 0 Å². The first-order chi connectivity index (χ1) is 9.90. The van der Waals surface area contributed by atoms with Gasteiger partial charge in [-0.1, -0.05) is 34.6 Å². The average molecular weight is 292 g/mol. The van der Waals surface area contributed by atoms with Gasteiger partial charge in [0.25, 0.3) is 0 Å². The number of aryl methyl sites for hydroxylation is 1. The molecule has 0 aromatic carbocycles. The van der Waals surface area contributed by atoms with Crippen molar-refractivity contribution in [3.8, 4) is 0 Å². The largest absolute Gasteiger partial charge is 0.373 e. The molecule has 0 atom stereocenters. The van der Waals surface area contributed by atoms with Crippen LogP contribution in [0.2, 0.25) is 0 Å². The zero-order valence-electron chi connectivity index (χ0n) is 14.7. The molecule has 1 rings (SSSR count). The summed E-state index contributed by atoms with van der Waals surface area (Å²) in [7, 11) is 1.92. The summed E-state index contributed by atoms with van der Waals surface area (Å²) < 4.78 is 0. The molecule has 4 nitrogen and oxygen atoms in total. The van der Waals surface area contributed by atoms with Crippen LogP contribution in [0, 0.1) is 24.7 Å². The quantitative estimate of drug-likeness (QED) is 0.756. The van der Waals surface area contributed by atoms with Crippen molar-refractivity contribution >= 4 is 11.6 Å². The van der Waals surface area contributed by atoms with Crippen LogP contribution in [0.15, 0.2) is 0 Å². The lowest BCUT2D eigenvalue weighted by atomic mass is 9.85. The van der Waals surface area contributed by atoms with Gasteiger partial charge >= 0.3 is 0 Å². The van der Waals surface area contributed by atoms with Gasteiger partial charge in [-0.3, -0.25) is 0 Å². The normalized spacial score (nSPS) is 11.5. The molecular formula is C17H32N4. The Morgan fingerprint density at radius 1 is 1.00 bits per heavy atom. The lowest BCUT2D eigenvalue weighted by molar-refractivity contribution is 0.304. The number of anilines is 2. The third-order valence-electron chi connectivity index (χ3n) is 4.12. The van der Waals surface area contributed by atoms with E-state index in [4.69, 9.17) is 4.98 Å². The summed E-state index contributed by atoms with van der Waals surface area (Å²) in [6.45, 7) is 14.4. The Morgan fingerprint density at radius 3 is 2.05 bits per heavy atom. The zero-order valence-corrected chi connectivity index (χ0v) is 14.7. The number of nitrogens with zero attached hydrogens (tertiary/aromatic N) is 2. The molecule has 120 valence electrons. The van der Waals surface area contributed by atoms with E-state index < -0.39 is 0 Å². The van der Waals surface area contributed by atoms with E-state index in [2.05, 4.69) is 57.2 Å². The molecule has 0 fully saturated rings. The summed E-state index contributed by atoms with van der Waals surface area (Å²) in [5, 5.41) is 6.73. The van der Waals surface area contributed by atoms with Gasteiger partial charge in [0.15, 0.2) is 0 Å². The molecule has 4 heteroatoms. The minimum absolute atomic E-state index is 0.645. The minimum Gasteiger partial charge on any atom is -0.373 e. The fraction of sp³-hybridized carbons (Fsp3) is 0.765. The molecule has 0 aliphatic heterocycles. The molecule has 0 aliphatic carbocycles. The molecule has 0 amide bonds. The van der Waals surface area contributed by atoms with Gasteiger partial charge < -0.3 is 10.6 Å². The van der Waals surface area contributed by atoms with Gasteiger partial charge in [0, 0.05) is 25.6 Å². The van der Waals surface area contributed by atoms with Gasteiger partial charge in [-0.15, -0.1) is 0 Å². The maximum absolute atomic E-state index is 4.70. The van der Waals surface area contributed by atoms with Crippen molar-refractivity contribution in [2.24, 2.45) is 17.8 Å². The number of aromatic nitrogens is 2. The summed E-state index contributed by atoms with van der Waals surface area (Å²) in [4.78, 5) is 9.28. The smallest absolute Gasteiger partial charge is 0.134 e. The molecule has 0 radical (unpaired) electrons. The van der Waals surface area contributed by atoms with E-state index in [1.165, 1.54) is 0 Å². The highest BCUT2D eigenvalue weighted by molar-refractivity contribution is 5.57. The molecule has 0 spiro atoms. The van der Waals surface area contributed by atoms with E-state index in [1.54, 1.807) is 0 Å². The van der Waals surface area contributed by atoms with Crippen LogP contribution in [-0.2, 0) is 6.42 Å². The fourth-order valence-corrected chi connectivity index (χ4v) is 2.77. The van der Waals surface area contributed by atoms with Crippen LogP contribution in [0.25, 0.3) is 0 Å². The Bertz CT molecular complexity index is 433. The third kappa shape index (κ3) is 4.87. The van der Waals surface area contributed by atoms with Crippen molar-refractivity contribution in [1.29, 1.82) is 0 Å². The zero-order chi connectivity index (χ0) is 16.0. The van der Waals surface area contributed by atoms with Gasteiger partial charge in [-0.2, -0.15) is 0 Å². The molecule has 1 aromatic heterocycles. The molecule has 2 N–H and O–H groups in total. The van der Waals surface area contributed by atoms with Crippen molar-refractivity contribution in [2.45, 2.75) is 54.4 Å². The van der Waals surface area contributed by atoms with Crippen molar-refractivity contribution in [1.82, 2.24) is 9.97 Å². The topological polar surface area (TPSA) is 49.8 Å². The Labute approximate surface area is 130 Å². The van der Waals surface area contributed by atoms with Crippen molar-refractivity contribution in [2.75, 3.05) is 24.2 Å². The fourth-order valence-electron chi connectivity index (χ4n) is 2.77. The van der Waals surface area contributed by atoms with Gasteiger partial charge in [0.1, 0.15) is 17.5 Å². The standard InChI is InChI=1S/C17H32N4/c1-8-9-15-20-16(18-7)13(6)17(21-15)19-10-14(11(2)3)12(4)5/h11-12,14H,8-10H2,1-7H3,(H2,18,19,20,21). The number of rotatable bonds is 8. The van der Waals surface area contributed by atoms with E-state index in [-0.39, 0.29) is 0 Å². The van der Waals surface area contributed by atoms with Gasteiger partial charge in [0.2, 0.25) is 0 Å². The van der Waals surface area contributed by atoms with Crippen molar-refractivity contribution in [3.05, 3.63) is 11.4 Å². The van der Waals surface area contributed by atoms with Crippen LogP contribution >= 0.6 is 0 Å². The minimum atomic E-state index is 0.645. The number of hydrogen-bond donors (Lipinski definition) is 2. The van der Waals surface area contributed by atoms with Crippen LogP contribution in [-0.4, -0.2) is 23.6 Å². The first-order valence-corrected chi connectivity index (χ1v) is 8.19. The van der Waals surface area contributed by atoms with Crippen LogP contribution in [0.4, 0.5) is 11.6 Å². The van der Waals surface area contributed by atoms with Crippen LogP contribution < -0.4 is 10.6 Å². The SMILES string of the molecule is CCCc1nc(NC)c(C)c(NCC(C(C)C)C(C)C)n1. The molecule has 0 saturated heterocycles. The van der Waals surface area contributed by atoms with Gasteiger partial charge in [-0.05, 0) is 31.1 Å². The van der Waals surface area contributed by atoms with Gasteiger partial charge in [-0.25, -0.2) is 9.97 Å². The second-order valence-electron chi connectivity index (χ2n) is 6.49. The molecule has 1 heterocycles. The maximum atomic E-state index is 4.70. The lowest BCUT2D eigenvalue weighted by Crippen LogP contribution is -2.25. The van der Waals surface area contributed by atoms with Gasteiger partial charge in [0.05, 0.1) is 0 Å². The predicted octanol–water partition coefficient (Wildman–Crippen LogP) is 4.12. The second-order valence-corrected chi connectivity index (χ2v) is 6.49. The highest BCUT2D eigenvalue weighted by atomic mass is 15.1. The molecule has 0 saturated carbocycles. The summed E-state index contributed by atoms with van der Waals surface area (Å²) in [5.74, 6) is 4.80. The number of nitrogens with one attached hydrogen (secondary N) is 2. The molecule has 0 bridgehead atoms. The Morgan fingerprint density at radius 2 is 1.57 bits per heavy atom. The monoisotopic (exact) mass is 292 g/mol. The summed E-state index contributed by atoms with van der Waals surface area (Å²) in [5.41, 5.74) is 1.10. The van der Waals surface area contributed by atoms with Crippen molar-refractivity contribution < 1.29 is 0 Å². The van der Waals surface area contributed by atoms with E-state index in [0.29, 0.717) is 17.8 Å². The van der Waals surface area contributed by atoms with E-state index in [1.807, 2.05) is 7.05 Å². The first-order valence-electron chi connectivity index (χ1n) is 8.19. The molecule has 21 heavy (non-hydrogen) atoms. The predicted molar refractivity (Wildman–Crippen MR) is 92.0 cm³/mol. The molecular weight excluding hydrogens is 260 g/mol. The average Bonchev–Trinajstić information content (AvgIpc) is 2.41. The van der Waals surface area contributed by atoms with Crippen LogP contribution in [0.3, 0.4) is 0 Å². The highest BCUT2D eigenvalue weighted by Gasteiger charge is 2.18. The van der Waals surface area contributed by atoms with E-state index in [9.17, 15) is 0 Å². The molecule has 0 unspecified atom stereocenters. The van der Waals surface area contributed by atoms with E-state index >= 15 is 0 Å². The third-order valence-corrected chi connectivity index (χ3v) is 4.12. The second kappa shape index (κ2) is 8.20. The highest BCUT2D eigenvalue weighted by Crippen LogP contribution is 2.24. The van der Waals surface area contributed by atoms with E-state index in [0.717, 1.165) is 42.4 Å². The maximum Gasteiger partial charge on any atom is 0.134 e. The summed E-state index contributed by atoms with van der Waals surface area (Å²) in [6, 6.07) is 0. The Hall–Kier alpha value is -1.32. The lowest BCUT2D eigenvalue weighted by Gasteiger charge is -2.26. The van der Waals surface area contributed by atoms with Crippen LogP contribution in [0.1, 0.15) is 52.4 Å². The Kier molecular flexibility index (Phi) is 6.93. The first kappa shape index (κ1) is 17.7. The molecule has 0 aliphatic rings. The Balaban J connectivity index is 2.93. The van der Waals surface area contributed by atoms with Crippen molar-refractivity contribution in [3.63, 3.8) is 0 Å². The summed E-state index contributed by atoms with van der Waals surface area (Å²) >= 11 is 0. The number of hydrogen-bond acceptors (Lipinski definition) is 4.